The van der Waals surface area contributed by atoms with Crippen LogP contribution in [0.5, 0.6) is 0 Å². The van der Waals surface area contributed by atoms with Gasteiger partial charge in [0.05, 0.1) is 38.5 Å². The summed E-state index contributed by atoms with van der Waals surface area (Å²) in [6.07, 6.45) is 9.71. The van der Waals surface area contributed by atoms with Gasteiger partial charge in [-0.25, -0.2) is 44.7 Å². The first-order chi connectivity index (χ1) is 32.4. The molecule has 10 aromatic rings. The number of carbonyl (C=O) groups is 2. The molecule has 0 aliphatic carbocycles. The van der Waals surface area contributed by atoms with E-state index >= 15 is 0 Å². The molecule has 0 aliphatic heterocycles. The highest BCUT2D eigenvalue weighted by molar-refractivity contribution is 6.03. The van der Waals surface area contributed by atoms with Gasteiger partial charge in [-0.15, -0.1) is 0 Å². The fourth-order valence-corrected chi connectivity index (χ4v) is 7.35. The highest BCUT2D eigenvalue weighted by atomic mass is 16.4. The first-order valence-corrected chi connectivity index (χ1v) is 20.8. The van der Waals surface area contributed by atoms with Gasteiger partial charge in [0.15, 0.2) is 11.6 Å². The van der Waals surface area contributed by atoms with Gasteiger partial charge in [0.25, 0.3) is 0 Å². The van der Waals surface area contributed by atoms with E-state index in [1.807, 2.05) is 72.8 Å². The van der Waals surface area contributed by atoms with Crippen molar-refractivity contribution in [1.82, 2.24) is 39.9 Å². The lowest BCUT2D eigenvalue weighted by atomic mass is 10.0. The molecule has 0 spiro atoms. The third-order valence-corrected chi connectivity index (χ3v) is 10.6. The van der Waals surface area contributed by atoms with E-state index < -0.39 is 11.9 Å². The molecule has 10 rings (SSSR count). The van der Waals surface area contributed by atoms with Crippen molar-refractivity contribution in [3.8, 4) is 45.0 Å². The second-order valence-electron chi connectivity index (χ2n) is 14.9. The number of carboxylic acids is 1. The number of carboxylic acid groups (broad SMARTS) is 1. The van der Waals surface area contributed by atoms with Crippen LogP contribution in [0.2, 0.25) is 0 Å². The van der Waals surface area contributed by atoms with Gasteiger partial charge in [-0.05, 0) is 69.8 Å². The summed E-state index contributed by atoms with van der Waals surface area (Å²) in [5.41, 5.74) is 15.3. The first-order valence-electron chi connectivity index (χ1n) is 20.8. The Morgan fingerprint density at radius 2 is 0.864 bits per heavy atom. The summed E-state index contributed by atoms with van der Waals surface area (Å²) in [7, 11) is 0. The van der Waals surface area contributed by atoms with Crippen LogP contribution < -0.4 is 16.4 Å². The van der Waals surface area contributed by atoms with Crippen LogP contribution in [0.4, 0.5) is 11.6 Å². The maximum Gasteiger partial charge on any atom is 0.335 e. The number of rotatable bonds is 12. The average molecular weight is 866 g/mol. The number of anilines is 2. The maximum atomic E-state index is 11.4. The van der Waals surface area contributed by atoms with Crippen molar-refractivity contribution in [3.63, 3.8) is 0 Å². The lowest BCUT2D eigenvalue weighted by Gasteiger charge is -2.14. The lowest BCUT2D eigenvalue weighted by molar-refractivity contribution is 0.0696. The molecular formula is C52H39N11O3. The molecule has 0 aliphatic rings. The van der Waals surface area contributed by atoms with Crippen molar-refractivity contribution >= 4 is 45.3 Å². The predicted octanol–water partition coefficient (Wildman–Crippen LogP) is 9.53. The van der Waals surface area contributed by atoms with Gasteiger partial charge in [-0.1, -0.05) is 109 Å². The summed E-state index contributed by atoms with van der Waals surface area (Å²) in [4.78, 5) is 58.1. The minimum Gasteiger partial charge on any atom is -0.478 e. The van der Waals surface area contributed by atoms with Gasteiger partial charge in [0.2, 0.25) is 5.91 Å². The van der Waals surface area contributed by atoms with Crippen molar-refractivity contribution in [3.05, 3.63) is 205 Å². The second-order valence-corrected chi connectivity index (χ2v) is 14.9. The third-order valence-electron chi connectivity index (χ3n) is 10.6. The van der Waals surface area contributed by atoms with E-state index in [1.54, 1.807) is 61.2 Å². The molecule has 4 aromatic heterocycles. The highest BCUT2D eigenvalue weighted by Crippen LogP contribution is 2.36. The van der Waals surface area contributed by atoms with Crippen LogP contribution in [0, 0.1) is 0 Å². The maximum absolute atomic E-state index is 11.4. The summed E-state index contributed by atoms with van der Waals surface area (Å²) in [5, 5.41) is 17.9. The molecule has 320 valence electrons. The molecule has 0 saturated carbocycles. The zero-order chi connectivity index (χ0) is 45.2. The van der Waals surface area contributed by atoms with Gasteiger partial charge in [0, 0.05) is 43.4 Å². The van der Waals surface area contributed by atoms with Crippen LogP contribution >= 0.6 is 0 Å². The first kappa shape index (κ1) is 42.0. The van der Waals surface area contributed by atoms with E-state index in [0.717, 1.165) is 66.3 Å². The molecule has 14 heteroatoms. The number of fused-ring (bicyclic) bond motifs is 2. The summed E-state index contributed by atoms with van der Waals surface area (Å²) >= 11 is 0. The Hall–Kier alpha value is -9.30. The van der Waals surface area contributed by atoms with E-state index in [2.05, 4.69) is 67.0 Å². The number of benzene rings is 6. The van der Waals surface area contributed by atoms with Gasteiger partial charge >= 0.3 is 5.97 Å². The molecule has 14 nitrogen and oxygen atoms in total. The molecule has 0 bridgehead atoms. The van der Waals surface area contributed by atoms with Crippen molar-refractivity contribution < 1.29 is 14.7 Å². The molecule has 4 heterocycles. The van der Waals surface area contributed by atoms with Crippen LogP contribution in [0.1, 0.15) is 31.8 Å². The van der Waals surface area contributed by atoms with E-state index in [0.29, 0.717) is 41.9 Å². The molecule has 0 unspecified atom stereocenters. The largest absolute Gasteiger partial charge is 0.478 e. The molecule has 0 fully saturated rings. The molecule has 0 saturated heterocycles. The molecule has 0 atom stereocenters. The van der Waals surface area contributed by atoms with Crippen molar-refractivity contribution in [2.75, 3.05) is 10.6 Å². The Bertz CT molecular complexity index is 3070. The average Bonchev–Trinajstić information content (AvgIpc) is 3.38. The minimum atomic E-state index is -0.946. The second kappa shape index (κ2) is 19.4. The van der Waals surface area contributed by atoms with Gasteiger partial charge in [-0.2, -0.15) is 0 Å². The quantitative estimate of drug-likeness (QED) is 0.0903. The van der Waals surface area contributed by atoms with Crippen LogP contribution in [-0.2, 0) is 13.1 Å². The standard InChI is InChI=1S/C26H20N6O.C26H19N5O2/c27-24(33)19-11-9-17(10-12-19)13-30-26-23-21(18-5-2-1-3-6-18)7-4-8-22(23)31-25(32-26)20-14-28-16-29-15-20;32-26(33)19-11-9-17(10-12-19)13-29-25-23-21(18-5-2-1-3-6-18)7-4-8-22(23)30-24(31-25)20-14-27-16-28-15-20/h1-12,14-16H,13H2,(H2,27,33)(H,30,31,32);1-12,14-16H,13H2,(H,32,33)(H,29,30,31). The molecule has 6 aromatic carbocycles. The van der Waals surface area contributed by atoms with Gasteiger partial charge < -0.3 is 21.5 Å². The van der Waals surface area contributed by atoms with E-state index in [1.165, 1.54) is 12.7 Å². The molecule has 1 amide bonds. The van der Waals surface area contributed by atoms with Crippen molar-refractivity contribution in [1.29, 1.82) is 0 Å². The summed E-state index contributed by atoms with van der Waals surface area (Å²) in [5.74, 6) is 1.06. The van der Waals surface area contributed by atoms with Crippen LogP contribution in [-0.4, -0.2) is 56.9 Å². The van der Waals surface area contributed by atoms with E-state index in [-0.39, 0.29) is 5.56 Å². The summed E-state index contributed by atoms with van der Waals surface area (Å²) < 4.78 is 0. The van der Waals surface area contributed by atoms with E-state index in [9.17, 15) is 9.59 Å². The number of primary amides is 1. The summed E-state index contributed by atoms with van der Waals surface area (Å²) in [6, 6.07) is 46.3. The fraction of sp³-hybridized carbons (Fsp3) is 0.0385. The molecule has 5 N–H and O–H groups in total. The SMILES string of the molecule is NC(=O)c1ccc(CNc2nc(-c3cncnc3)nc3cccc(-c4ccccc4)c23)cc1.O=C(O)c1ccc(CNc2nc(-c3cncnc3)nc3cccc(-c4ccccc4)c23)cc1. The van der Waals surface area contributed by atoms with Crippen molar-refractivity contribution in [2.45, 2.75) is 13.1 Å². The number of nitrogens with zero attached hydrogens (tertiary/aromatic N) is 8. The number of nitrogens with one attached hydrogen (secondary N) is 2. The van der Waals surface area contributed by atoms with E-state index in [4.69, 9.17) is 30.8 Å². The Morgan fingerprint density at radius 3 is 1.26 bits per heavy atom. The lowest BCUT2D eigenvalue weighted by Crippen LogP contribution is -2.11. The monoisotopic (exact) mass is 865 g/mol. The van der Waals surface area contributed by atoms with Gasteiger partial charge in [0.1, 0.15) is 24.3 Å². The summed E-state index contributed by atoms with van der Waals surface area (Å²) in [6.45, 7) is 0.985. The molecule has 0 radical (unpaired) electrons. The number of nitrogens with two attached hydrogens (primary N) is 1. The number of amides is 1. The zero-order valence-corrected chi connectivity index (χ0v) is 35.2. The number of hydrogen-bond donors (Lipinski definition) is 4. The van der Waals surface area contributed by atoms with Crippen LogP contribution in [0.15, 0.2) is 183 Å². The fourth-order valence-electron chi connectivity index (χ4n) is 7.35. The molecule has 66 heavy (non-hydrogen) atoms. The number of aromatic nitrogens is 8. The van der Waals surface area contributed by atoms with Crippen molar-refractivity contribution in [2.24, 2.45) is 5.73 Å². The smallest absolute Gasteiger partial charge is 0.335 e. The molecular weight excluding hydrogens is 827 g/mol. The number of aromatic carboxylic acids is 1. The highest BCUT2D eigenvalue weighted by Gasteiger charge is 2.17. The third kappa shape index (κ3) is 9.52. The van der Waals surface area contributed by atoms with Crippen LogP contribution in [0.3, 0.4) is 0 Å². The zero-order valence-electron chi connectivity index (χ0n) is 35.2. The normalized spacial score (nSPS) is 10.8. The topological polar surface area (TPSA) is 208 Å². The Morgan fingerprint density at radius 1 is 0.455 bits per heavy atom. The number of carbonyl (C=O) groups excluding carboxylic acids is 1. The van der Waals surface area contributed by atoms with Gasteiger partial charge in [-0.3, -0.25) is 4.79 Å². The minimum absolute atomic E-state index is 0.254. The number of hydrogen-bond acceptors (Lipinski definition) is 12. The Kier molecular flexibility index (Phi) is 12.3. The predicted molar refractivity (Wildman–Crippen MR) is 255 cm³/mol. The Balaban J connectivity index is 0.000000166. The Labute approximate surface area is 378 Å². The van der Waals surface area contributed by atoms with Crippen LogP contribution in [0.25, 0.3) is 66.8 Å².